The second-order valence-electron chi connectivity index (χ2n) is 8.37. The van der Waals surface area contributed by atoms with Crippen LogP contribution in [0.5, 0.6) is 11.6 Å². The maximum Gasteiger partial charge on any atom is 0.227 e. The molecule has 0 radical (unpaired) electrons. The molecule has 2 aromatic carbocycles. The molecule has 0 unspecified atom stereocenters. The zero-order valence-electron chi connectivity index (χ0n) is 20.4. The summed E-state index contributed by atoms with van der Waals surface area (Å²) in [6.07, 6.45) is 6.92. The van der Waals surface area contributed by atoms with Gasteiger partial charge in [0.15, 0.2) is 0 Å². The maximum atomic E-state index is 10.6. The first-order valence-corrected chi connectivity index (χ1v) is 12.0. The Balaban J connectivity index is 1.69. The van der Waals surface area contributed by atoms with Crippen molar-refractivity contribution < 1.29 is 19.0 Å². The summed E-state index contributed by atoms with van der Waals surface area (Å²) in [5, 5.41) is 15.6. The van der Waals surface area contributed by atoms with E-state index in [9.17, 15) is 5.11 Å². The zero-order chi connectivity index (χ0) is 25.2. The van der Waals surface area contributed by atoms with E-state index in [0.717, 1.165) is 34.9 Å². The highest BCUT2D eigenvalue weighted by molar-refractivity contribution is 5.43. The lowest BCUT2D eigenvalue weighted by Crippen LogP contribution is -2.34. The fourth-order valence-electron chi connectivity index (χ4n) is 4.01. The van der Waals surface area contributed by atoms with Gasteiger partial charge in [-0.1, -0.05) is 49.2 Å². The molecule has 0 aliphatic heterocycles. The van der Waals surface area contributed by atoms with E-state index in [1.807, 2.05) is 77.5 Å². The molecule has 7 heteroatoms. The molecule has 0 aliphatic carbocycles. The van der Waals surface area contributed by atoms with Gasteiger partial charge in [0.25, 0.3) is 0 Å². The van der Waals surface area contributed by atoms with Crippen LogP contribution in [0.3, 0.4) is 0 Å². The highest BCUT2D eigenvalue weighted by Crippen LogP contribution is 2.32. The Bertz CT molecular complexity index is 1230. The number of aromatic nitrogens is 2. The third-order valence-corrected chi connectivity index (χ3v) is 5.62. The summed E-state index contributed by atoms with van der Waals surface area (Å²) in [5.41, 5.74) is 2.78. The van der Waals surface area contributed by atoms with Crippen LogP contribution in [-0.2, 0) is 24.2 Å². The molecule has 36 heavy (non-hydrogen) atoms. The normalized spacial score (nSPS) is 11.9. The third-order valence-electron chi connectivity index (χ3n) is 5.62. The van der Waals surface area contributed by atoms with E-state index in [0.29, 0.717) is 25.5 Å². The Morgan fingerprint density at radius 3 is 2.47 bits per heavy atom. The fraction of sp³-hybridized carbons (Fsp3) is 0.276. The predicted molar refractivity (Wildman–Crippen MR) is 138 cm³/mol. The molecular weight excluding hydrogens is 454 g/mol. The Hall–Kier alpha value is -3.83. The van der Waals surface area contributed by atoms with Gasteiger partial charge in [-0.3, -0.25) is 4.90 Å². The van der Waals surface area contributed by atoms with Crippen LogP contribution in [-0.4, -0.2) is 45.6 Å². The molecule has 1 atom stereocenters. The number of aliphatic hydroxyl groups is 1. The van der Waals surface area contributed by atoms with Crippen molar-refractivity contribution in [2.75, 3.05) is 19.8 Å². The number of hydrogen-bond acceptors (Lipinski definition) is 6. The lowest BCUT2D eigenvalue weighted by atomic mass is 10.1. The topological polar surface area (TPSA) is 72.9 Å². The van der Waals surface area contributed by atoms with E-state index in [2.05, 4.69) is 17.7 Å². The third kappa shape index (κ3) is 6.64. The number of furan rings is 1. The highest BCUT2D eigenvalue weighted by Gasteiger charge is 2.24. The zero-order valence-corrected chi connectivity index (χ0v) is 20.4. The Morgan fingerprint density at radius 2 is 1.81 bits per heavy atom. The Kier molecular flexibility index (Phi) is 8.95. The largest absolute Gasteiger partial charge is 0.468 e. The average Bonchev–Trinajstić information content (AvgIpc) is 3.53. The van der Waals surface area contributed by atoms with Crippen molar-refractivity contribution in [2.24, 2.45) is 0 Å². The van der Waals surface area contributed by atoms with Crippen LogP contribution in [0.4, 0.5) is 0 Å². The molecule has 0 fully saturated rings. The van der Waals surface area contributed by atoms with Gasteiger partial charge in [-0.05, 0) is 42.8 Å². The second-order valence-corrected chi connectivity index (χ2v) is 8.37. The number of hydrogen-bond donors (Lipinski definition) is 1. The molecular formula is C29H31N3O4. The van der Waals surface area contributed by atoms with Crippen LogP contribution in [0.15, 0.2) is 83.5 Å². The van der Waals surface area contributed by atoms with Crippen molar-refractivity contribution in [1.82, 2.24) is 14.7 Å². The number of aryl methyl sites for hydroxylation is 1. The lowest BCUT2D eigenvalue weighted by Gasteiger charge is -2.24. The van der Waals surface area contributed by atoms with E-state index < -0.39 is 6.10 Å². The van der Waals surface area contributed by atoms with Crippen molar-refractivity contribution in [1.29, 1.82) is 0 Å². The Labute approximate surface area is 211 Å². The van der Waals surface area contributed by atoms with E-state index in [1.54, 1.807) is 6.26 Å². The van der Waals surface area contributed by atoms with Gasteiger partial charge in [-0.15, -0.1) is 6.42 Å². The molecule has 7 nitrogen and oxygen atoms in total. The molecule has 1 N–H and O–H groups in total. The first-order chi connectivity index (χ1) is 17.7. The molecule has 4 aromatic rings. The lowest BCUT2D eigenvalue weighted by molar-refractivity contribution is 0.0228. The van der Waals surface area contributed by atoms with Crippen LogP contribution in [0.1, 0.15) is 23.9 Å². The molecule has 0 saturated carbocycles. The number of para-hydroxylation sites is 2. The van der Waals surface area contributed by atoms with E-state index in [1.165, 1.54) is 0 Å². The van der Waals surface area contributed by atoms with Crippen molar-refractivity contribution in [3.8, 4) is 29.7 Å². The van der Waals surface area contributed by atoms with Gasteiger partial charge in [0, 0.05) is 13.1 Å². The van der Waals surface area contributed by atoms with E-state index in [-0.39, 0.29) is 13.2 Å². The van der Waals surface area contributed by atoms with Gasteiger partial charge in [0.1, 0.15) is 18.1 Å². The fourth-order valence-corrected chi connectivity index (χ4v) is 4.01. The van der Waals surface area contributed by atoms with Gasteiger partial charge in [-0.2, -0.15) is 5.10 Å². The minimum absolute atomic E-state index is 0.149. The minimum atomic E-state index is -0.721. The van der Waals surface area contributed by atoms with Gasteiger partial charge in [-0.25, -0.2) is 4.68 Å². The molecule has 2 aromatic heterocycles. The quantitative estimate of drug-likeness (QED) is 0.216. The van der Waals surface area contributed by atoms with Gasteiger partial charge >= 0.3 is 0 Å². The summed E-state index contributed by atoms with van der Waals surface area (Å²) >= 11 is 0. The molecule has 186 valence electrons. The van der Waals surface area contributed by atoms with Gasteiger partial charge in [0.05, 0.1) is 42.5 Å². The summed E-state index contributed by atoms with van der Waals surface area (Å²) in [5.74, 6) is 4.59. The van der Waals surface area contributed by atoms with Gasteiger partial charge in [0.2, 0.25) is 5.88 Å². The smallest absolute Gasteiger partial charge is 0.227 e. The standard InChI is InChI=1S/C29H31N3O4/c1-3-17-34-22-24(33)19-31(20-26-16-11-18-35-26)21-27-28(4-2)30-32(23-12-7-5-8-13-23)29(27)36-25-14-9-6-10-15-25/h1,5-16,18,24,33H,4,17,19-22H2,2H3/t24-/m0/s1. The van der Waals surface area contributed by atoms with E-state index >= 15 is 0 Å². The van der Waals surface area contributed by atoms with Crippen molar-refractivity contribution in [3.63, 3.8) is 0 Å². The average molecular weight is 486 g/mol. The summed E-state index contributed by atoms with van der Waals surface area (Å²) < 4.78 is 19.3. The molecule has 4 rings (SSSR count). The summed E-state index contributed by atoms with van der Waals surface area (Å²) in [6, 6.07) is 23.4. The van der Waals surface area contributed by atoms with Crippen LogP contribution in [0.25, 0.3) is 5.69 Å². The van der Waals surface area contributed by atoms with Crippen LogP contribution in [0, 0.1) is 12.3 Å². The van der Waals surface area contributed by atoms with Crippen molar-refractivity contribution in [2.45, 2.75) is 32.5 Å². The Morgan fingerprint density at radius 1 is 1.06 bits per heavy atom. The molecule has 0 saturated heterocycles. The van der Waals surface area contributed by atoms with Crippen LogP contribution >= 0.6 is 0 Å². The maximum absolute atomic E-state index is 10.6. The highest BCUT2D eigenvalue weighted by atomic mass is 16.5. The van der Waals surface area contributed by atoms with Crippen LogP contribution < -0.4 is 4.74 Å². The van der Waals surface area contributed by atoms with Crippen molar-refractivity contribution >= 4 is 0 Å². The summed E-state index contributed by atoms with van der Waals surface area (Å²) in [6.45, 7) is 3.74. The molecule has 0 bridgehead atoms. The second kappa shape index (κ2) is 12.8. The number of nitrogens with zero attached hydrogens (tertiary/aromatic N) is 3. The van der Waals surface area contributed by atoms with Crippen LogP contribution in [0.2, 0.25) is 0 Å². The molecule has 0 amide bonds. The minimum Gasteiger partial charge on any atom is -0.468 e. The number of aliphatic hydroxyl groups excluding tert-OH is 1. The number of ether oxygens (including phenoxy) is 2. The number of rotatable bonds is 13. The monoisotopic (exact) mass is 485 g/mol. The summed E-state index contributed by atoms with van der Waals surface area (Å²) in [7, 11) is 0. The van der Waals surface area contributed by atoms with E-state index in [4.69, 9.17) is 25.4 Å². The predicted octanol–water partition coefficient (Wildman–Crippen LogP) is 4.83. The summed E-state index contributed by atoms with van der Waals surface area (Å²) in [4.78, 5) is 2.10. The number of benzene rings is 2. The molecule has 2 heterocycles. The molecule has 0 aliphatic rings. The SMILES string of the molecule is C#CCOC[C@@H](O)CN(Cc1ccco1)Cc1c(CC)nn(-c2ccccc2)c1Oc1ccccc1. The first kappa shape index (κ1) is 25.3. The van der Waals surface area contributed by atoms with Crippen molar-refractivity contribution in [3.05, 3.63) is 96.1 Å². The number of terminal acetylenes is 1. The molecule has 0 spiro atoms. The van der Waals surface area contributed by atoms with Gasteiger partial charge < -0.3 is 19.0 Å². The first-order valence-electron chi connectivity index (χ1n) is 12.0.